The lowest BCUT2D eigenvalue weighted by molar-refractivity contribution is -0.152. The van der Waals surface area contributed by atoms with Gasteiger partial charge in [0.25, 0.3) is 0 Å². The van der Waals surface area contributed by atoms with Crippen LogP contribution in [0.3, 0.4) is 0 Å². The molecule has 2 aromatic rings. The summed E-state index contributed by atoms with van der Waals surface area (Å²) in [5.74, 6) is -2.94. The molecule has 1 aromatic heterocycles. The maximum Gasteiger partial charge on any atom is 0.451 e. The van der Waals surface area contributed by atoms with Gasteiger partial charge in [0.05, 0.1) is 38.8 Å². The number of methoxy groups -OCH3 is 3. The van der Waals surface area contributed by atoms with Gasteiger partial charge in [0.15, 0.2) is 11.5 Å². The molecule has 0 aliphatic carbocycles. The number of likely N-dealkylation sites (tertiary alicyclic amines) is 1. The summed E-state index contributed by atoms with van der Waals surface area (Å²) >= 11 is 0. The lowest BCUT2D eigenvalue weighted by atomic mass is 9.85. The van der Waals surface area contributed by atoms with Crippen LogP contribution in [0.15, 0.2) is 12.1 Å². The zero-order valence-corrected chi connectivity index (χ0v) is 25.5. The molecule has 43 heavy (non-hydrogen) atoms. The number of amides is 2. The van der Waals surface area contributed by atoms with E-state index in [-0.39, 0.29) is 35.4 Å². The van der Waals surface area contributed by atoms with Gasteiger partial charge in [-0.2, -0.15) is 18.2 Å². The van der Waals surface area contributed by atoms with Gasteiger partial charge in [0, 0.05) is 12.5 Å². The first-order valence-corrected chi connectivity index (χ1v) is 13.3. The highest BCUT2D eigenvalue weighted by atomic mass is 19.4. The predicted molar refractivity (Wildman–Crippen MR) is 147 cm³/mol. The number of hydrogen-bond donors (Lipinski definition) is 1. The van der Waals surface area contributed by atoms with Crippen molar-refractivity contribution in [1.29, 1.82) is 0 Å². The number of fused-ring (bicyclic) bond motifs is 1. The minimum absolute atomic E-state index is 0.0872. The summed E-state index contributed by atoms with van der Waals surface area (Å²) in [6.07, 6.45) is -6.85. The number of nitrogens with one attached hydrogen (secondary N) is 1. The SMILES string of the molecule is COC(=O)C1CC(Oc2nc(C(F)(F)F)nc3cc(OC)c(OC)cc23)CN1C(=O)C(NC(=O)OC(C)(C)C)C(C)(C)C. The highest BCUT2D eigenvalue weighted by Crippen LogP contribution is 2.38. The fourth-order valence-corrected chi connectivity index (χ4v) is 4.53. The Hall–Kier alpha value is -4.04. The van der Waals surface area contributed by atoms with Crippen molar-refractivity contribution in [2.45, 2.75) is 77.9 Å². The van der Waals surface area contributed by atoms with Crippen LogP contribution < -0.4 is 19.5 Å². The Morgan fingerprint density at radius 1 is 0.977 bits per heavy atom. The summed E-state index contributed by atoms with van der Waals surface area (Å²) in [5, 5.41) is 2.67. The van der Waals surface area contributed by atoms with Crippen molar-refractivity contribution >= 4 is 28.9 Å². The number of carbonyl (C=O) groups is 3. The van der Waals surface area contributed by atoms with Crippen molar-refractivity contribution in [3.63, 3.8) is 0 Å². The summed E-state index contributed by atoms with van der Waals surface area (Å²) in [5.41, 5.74) is -1.79. The van der Waals surface area contributed by atoms with Crippen LogP contribution >= 0.6 is 0 Å². The quantitative estimate of drug-likeness (QED) is 0.453. The Morgan fingerprint density at radius 3 is 2.09 bits per heavy atom. The number of alkyl carbamates (subject to hydrolysis) is 1. The Balaban J connectivity index is 2.01. The fourth-order valence-electron chi connectivity index (χ4n) is 4.53. The van der Waals surface area contributed by atoms with E-state index in [9.17, 15) is 27.6 Å². The third-order valence-electron chi connectivity index (χ3n) is 6.49. The zero-order chi connectivity index (χ0) is 32.5. The van der Waals surface area contributed by atoms with Crippen LogP contribution in [0, 0.1) is 5.41 Å². The molecule has 1 saturated heterocycles. The van der Waals surface area contributed by atoms with Crippen LogP contribution in [0.5, 0.6) is 17.4 Å². The third kappa shape index (κ3) is 7.87. The van der Waals surface area contributed by atoms with Crippen LogP contribution in [0.25, 0.3) is 10.9 Å². The standard InChI is InChI=1S/C28H37F3N4O8/c1-26(2,3)20(33-25(38)43-27(4,5)6)22(36)35-13-14(10-17(35)23(37)41-9)42-21-15-11-18(39-7)19(40-8)12-16(15)32-24(34-21)28(29,30)31/h11-12,14,17,20H,10,13H2,1-9H3,(H,33,38). The molecule has 3 unspecified atom stereocenters. The number of nitrogens with zero attached hydrogens (tertiary/aromatic N) is 3. The van der Waals surface area contributed by atoms with E-state index in [2.05, 4.69) is 15.3 Å². The molecule has 0 bridgehead atoms. The first-order chi connectivity index (χ1) is 19.8. The molecule has 1 fully saturated rings. The van der Waals surface area contributed by atoms with Crippen molar-refractivity contribution < 1.29 is 51.2 Å². The van der Waals surface area contributed by atoms with Gasteiger partial charge in [-0.3, -0.25) is 4.79 Å². The number of ether oxygens (including phenoxy) is 5. The molecule has 3 rings (SSSR count). The minimum Gasteiger partial charge on any atom is -0.493 e. The van der Waals surface area contributed by atoms with Crippen LogP contribution in [-0.4, -0.2) is 84.5 Å². The van der Waals surface area contributed by atoms with Gasteiger partial charge in [0.1, 0.15) is 23.8 Å². The molecule has 2 amide bonds. The summed E-state index contributed by atoms with van der Waals surface area (Å²) in [4.78, 5) is 47.7. The number of halogens is 3. The molecule has 0 saturated carbocycles. The van der Waals surface area contributed by atoms with Gasteiger partial charge in [-0.15, -0.1) is 0 Å². The normalized spacial score (nSPS) is 18.2. The lowest BCUT2D eigenvalue weighted by Gasteiger charge is -2.35. The van der Waals surface area contributed by atoms with Crippen molar-refractivity contribution in [1.82, 2.24) is 20.2 Å². The molecule has 1 aliphatic rings. The van der Waals surface area contributed by atoms with E-state index in [4.69, 9.17) is 23.7 Å². The van der Waals surface area contributed by atoms with E-state index >= 15 is 0 Å². The number of esters is 1. The van der Waals surface area contributed by atoms with Gasteiger partial charge in [-0.25, -0.2) is 14.6 Å². The van der Waals surface area contributed by atoms with Crippen LogP contribution in [-0.2, 0) is 25.2 Å². The molecule has 0 radical (unpaired) electrons. The average molecular weight is 615 g/mol. The number of benzene rings is 1. The van der Waals surface area contributed by atoms with E-state index in [1.54, 1.807) is 41.5 Å². The number of alkyl halides is 3. The zero-order valence-electron chi connectivity index (χ0n) is 25.5. The monoisotopic (exact) mass is 614 g/mol. The van der Waals surface area contributed by atoms with E-state index in [1.165, 1.54) is 31.3 Å². The van der Waals surface area contributed by atoms with E-state index in [0.717, 1.165) is 7.11 Å². The van der Waals surface area contributed by atoms with Crippen molar-refractivity contribution in [3.8, 4) is 17.4 Å². The first-order valence-electron chi connectivity index (χ1n) is 13.3. The Kier molecular flexibility index (Phi) is 9.56. The van der Waals surface area contributed by atoms with Gasteiger partial charge >= 0.3 is 18.2 Å². The second kappa shape index (κ2) is 12.3. The Labute approximate surface area is 247 Å². The average Bonchev–Trinajstić information content (AvgIpc) is 3.31. The molecule has 1 aliphatic heterocycles. The smallest absolute Gasteiger partial charge is 0.451 e. The molecule has 238 valence electrons. The molecule has 12 nitrogen and oxygen atoms in total. The van der Waals surface area contributed by atoms with Gasteiger partial charge < -0.3 is 33.9 Å². The minimum atomic E-state index is -4.90. The number of aromatic nitrogens is 2. The topological polar surface area (TPSA) is 138 Å². The first kappa shape index (κ1) is 33.5. The van der Waals surface area contributed by atoms with Gasteiger partial charge in [-0.1, -0.05) is 20.8 Å². The van der Waals surface area contributed by atoms with E-state index in [0.29, 0.717) is 0 Å². The predicted octanol–water partition coefficient (Wildman–Crippen LogP) is 4.13. The molecular weight excluding hydrogens is 577 g/mol. The third-order valence-corrected chi connectivity index (χ3v) is 6.49. The van der Waals surface area contributed by atoms with Gasteiger partial charge in [0.2, 0.25) is 17.6 Å². The highest BCUT2D eigenvalue weighted by molar-refractivity contribution is 5.91. The number of rotatable bonds is 7. The maximum absolute atomic E-state index is 13.9. The van der Waals surface area contributed by atoms with E-state index < -0.39 is 65.1 Å². The fraction of sp³-hybridized carbons (Fsp3) is 0.607. The second-order valence-electron chi connectivity index (χ2n) is 12.0. The lowest BCUT2D eigenvalue weighted by Crippen LogP contribution is -2.57. The van der Waals surface area contributed by atoms with Crippen LogP contribution in [0.1, 0.15) is 53.8 Å². The summed E-state index contributed by atoms with van der Waals surface area (Å²) in [7, 11) is 3.83. The Bertz CT molecular complexity index is 1370. The molecule has 2 heterocycles. The van der Waals surface area contributed by atoms with E-state index in [1.807, 2.05) is 0 Å². The van der Waals surface area contributed by atoms with Crippen LogP contribution in [0.2, 0.25) is 0 Å². The van der Waals surface area contributed by atoms with Crippen molar-refractivity contribution in [3.05, 3.63) is 18.0 Å². The van der Waals surface area contributed by atoms with Crippen molar-refractivity contribution in [2.24, 2.45) is 5.41 Å². The van der Waals surface area contributed by atoms with Crippen LogP contribution in [0.4, 0.5) is 18.0 Å². The van der Waals surface area contributed by atoms with Gasteiger partial charge in [-0.05, 0) is 32.3 Å². The van der Waals surface area contributed by atoms with Crippen molar-refractivity contribution in [2.75, 3.05) is 27.9 Å². The molecule has 1 N–H and O–H groups in total. The molecule has 3 atom stereocenters. The molecule has 1 aromatic carbocycles. The second-order valence-corrected chi connectivity index (χ2v) is 12.0. The molecular formula is C28H37F3N4O8. The largest absolute Gasteiger partial charge is 0.493 e. The summed E-state index contributed by atoms with van der Waals surface area (Å²) in [6, 6.07) is 0.342. The maximum atomic E-state index is 13.9. The highest BCUT2D eigenvalue weighted by Gasteiger charge is 2.47. The summed E-state index contributed by atoms with van der Waals surface area (Å²) < 4.78 is 67.9. The Morgan fingerprint density at radius 2 is 1.58 bits per heavy atom. The molecule has 15 heteroatoms. The number of hydrogen-bond acceptors (Lipinski definition) is 10. The molecule has 0 spiro atoms. The summed E-state index contributed by atoms with van der Waals surface area (Å²) in [6.45, 7) is 9.95. The number of carbonyl (C=O) groups excluding carboxylic acids is 3.